The molecule has 22 heavy (non-hydrogen) atoms. The van der Waals surface area contributed by atoms with Gasteiger partial charge in [-0.25, -0.2) is 4.98 Å². The number of anilines is 2. The second-order valence-corrected chi connectivity index (χ2v) is 5.90. The Bertz CT molecular complexity index is 692. The molecule has 0 saturated heterocycles. The van der Waals surface area contributed by atoms with Crippen molar-refractivity contribution in [1.82, 2.24) is 9.97 Å². The smallest absolute Gasteiger partial charge is 0.224 e. The Morgan fingerprint density at radius 2 is 2.23 bits per heavy atom. The number of halogens is 1. The van der Waals surface area contributed by atoms with Gasteiger partial charge in [0, 0.05) is 36.1 Å². The fourth-order valence-electron chi connectivity index (χ4n) is 3.00. The molecular formula is C16H17ClN4O. The van der Waals surface area contributed by atoms with E-state index in [1.54, 1.807) is 25.5 Å². The van der Waals surface area contributed by atoms with Crippen LogP contribution in [0.5, 0.6) is 0 Å². The number of amides is 1. The minimum Gasteiger partial charge on any atom is -0.362 e. The molecule has 2 atom stereocenters. The highest BCUT2D eigenvalue weighted by Gasteiger charge is 2.32. The summed E-state index contributed by atoms with van der Waals surface area (Å²) in [5.74, 6) is 0.746. The van der Waals surface area contributed by atoms with E-state index in [4.69, 9.17) is 11.6 Å². The summed E-state index contributed by atoms with van der Waals surface area (Å²) in [4.78, 5) is 22.1. The van der Waals surface area contributed by atoms with Crippen LogP contribution in [0.3, 0.4) is 0 Å². The van der Waals surface area contributed by atoms with Crippen molar-refractivity contribution in [2.45, 2.75) is 32.4 Å². The highest BCUT2D eigenvalue weighted by atomic mass is 35.5. The molecule has 0 fully saturated rings. The normalized spacial score (nSPS) is 20.4. The summed E-state index contributed by atoms with van der Waals surface area (Å²) >= 11 is 6.15. The molecule has 0 bridgehead atoms. The molecule has 5 nitrogen and oxygen atoms in total. The first-order valence-corrected chi connectivity index (χ1v) is 7.56. The average molecular weight is 317 g/mol. The number of fused-ring (bicyclic) bond motifs is 1. The van der Waals surface area contributed by atoms with Gasteiger partial charge in [-0.05, 0) is 37.1 Å². The number of nitrogens with one attached hydrogen (secondary N) is 1. The summed E-state index contributed by atoms with van der Waals surface area (Å²) in [6.45, 7) is 3.63. The van der Waals surface area contributed by atoms with Crippen molar-refractivity contribution in [3.05, 3.63) is 47.4 Å². The van der Waals surface area contributed by atoms with Crippen molar-refractivity contribution in [2.75, 3.05) is 10.2 Å². The number of rotatable bonds is 2. The van der Waals surface area contributed by atoms with Gasteiger partial charge < -0.3 is 10.2 Å². The first-order valence-electron chi connectivity index (χ1n) is 7.18. The third-order valence-corrected chi connectivity index (χ3v) is 4.10. The SMILES string of the molecule is CC(=O)N1c2ccc(Cl)cc2C(Nc2cnccn2)CC1C. The highest BCUT2D eigenvalue weighted by Crippen LogP contribution is 2.39. The van der Waals surface area contributed by atoms with Crippen LogP contribution in [0.15, 0.2) is 36.8 Å². The van der Waals surface area contributed by atoms with E-state index in [0.29, 0.717) is 10.8 Å². The molecule has 6 heteroatoms. The molecule has 0 radical (unpaired) electrons. The quantitative estimate of drug-likeness (QED) is 0.922. The maximum atomic E-state index is 12.0. The average Bonchev–Trinajstić information content (AvgIpc) is 2.48. The number of hydrogen-bond donors (Lipinski definition) is 1. The zero-order valence-corrected chi connectivity index (χ0v) is 13.2. The van der Waals surface area contributed by atoms with Gasteiger partial charge in [0.15, 0.2) is 0 Å². The number of aromatic nitrogens is 2. The number of carbonyl (C=O) groups excluding carboxylic acids is 1. The number of benzene rings is 1. The Hall–Kier alpha value is -2.14. The molecule has 1 aliphatic heterocycles. The van der Waals surface area contributed by atoms with Gasteiger partial charge in [-0.15, -0.1) is 0 Å². The van der Waals surface area contributed by atoms with Crippen molar-refractivity contribution in [3.8, 4) is 0 Å². The predicted octanol–water partition coefficient (Wildman–Crippen LogP) is 3.43. The number of nitrogens with zero attached hydrogens (tertiary/aromatic N) is 3. The summed E-state index contributed by atoms with van der Waals surface area (Å²) in [6.07, 6.45) is 5.75. The van der Waals surface area contributed by atoms with E-state index < -0.39 is 0 Å². The monoisotopic (exact) mass is 316 g/mol. The van der Waals surface area contributed by atoms with E-state index in [9.17, 15) is 4.79 Å². The summed E-state index contributed by atoms with van der Waals surface area (Å²) in [5.41, 5.74) is 1.91. The Kier molecular flexibility index (Phi) is 3.98. The predicted molar refractivity (Wildman–Crippen MR) is 87.1 cm³/mol. The summed E-state index contributed by atoms with van der Waals surface area (Å²) in [6, 6.07) is 5.76. The van der Waals surface area contributed by atoms with E-state index in [-0.39, 0.29) is 18.0 Å². The van der Waals surface area contributed by atoms with Crippen LogP contribution in [0, 0.1) is 0 Å². The lowest BCUT2D eigenvalue weighted by molar-refractivity contribution is -0.117. The minimum absolute atomic E-state index is 0.0361. The van der Waals surface area contributed by atoms with E-state index in [1.807, 2.05) is 30.0 Å². The number of hydrogen-bond acceptors (Lipinski definition) is 4. The maximum absolute atomic E-state index is 12.0. The van der Waals surface area contributed by atoms with Crippen molar-refractivity contribution < 1.29 is 4.79 Å². The molecule has 1 amide bonds. The second kappa shape index (κ2) is 5.93. The molecule has 2 heterocycles. The molecular weight excluding hydrogens is 300 g/mol. The first kappa shape index (κ1) is 14.8. The van der Waals surface area contributed by atoms with Gasteiger partial charge in [0.05, 0.1) is 12.2 Å². The van der Waals surface area contributed by atoms with Crippen molar-refractivity contribution >= 4 is 29.0 Å². The molecule has 0 saturated carbocycles. The van der Waals surface area contributed by atoms with Crippen molar-refractivity contribution in [1.29, 1.82) is 0 Å². The zero-order valence-electron chi connectivity index (χ0n) is 12.5. The summed E-state index contributed by atoms with van der Waals surface area (Å²) in [5, 5.41) is 4.04. The van der Waals surface area contributed by atoms with Crippen LogP contribution in [0.25, 0.3) is 0 Å². The fraction of sp³-hybridized carbons (Fsp3) is 0.312. The zero-order chi connectivity index (χ0) is 15.7. The summed E-state index contributed by atoms with van der Waals surface area (Å²) < 4.78 is 0. The van der Waals surface area contributed by atoms with Gasteiger partial charge in [-0.3, -0.25) is 9.78 Å². The van der Waals surface area contributed by atoms with Crippen LogP contribution < -0.4 is 10.2 Å². The van der Waals surface area contributed by atoms with Crippen LogP contribution in [0.2, 0.25) is 5.02 Å². The van der Waals surface area contributed by atoms with Gasteiger partial charge in [0.1, 0.15) is 5.82 Å². The van der Waals surface area contributed by atoms with Gasteiger partial charge >= 0.3 is 0 Å². The van der Waals surface area contributed by atoms with E-state index >= 15 is 0 Å². The third kappa shape index (κ3) is 2.76. The lowest BCUT2D eigenvalue weighted by Crippen LogP contribution is -2.43. The first-order chi connectivity index (χ1) is 10.6. The standard InChI is InChI=1S/C16H17ClN4O/c1-10-7-14(20-16-9-18-5-6-19-16)13-8-12(17)3-4-15(13)21(10)11(2)22/h3-6,8-10,14H,7H2,1-2H3,(H,19,20). The molecule has 1 aliphatic rings. The maximum Gasteiger partial charge on any atom is 0.224 e. The molecule has 1 aromatic heterocycles. The molecule has 0 aliphatic carbocycles. The molecule has 1 N–H and O–H groups in total. The molecule has 2 unspecified atom stereocenters. The lowest BCUT2D eigenvalue weighted by atomic mass is 9.91. The lowest BCUT2D eigenvalue weighted by Gasteiger charge is -2.39. The van der Waals surface area contributed by atoms with Gasteiger partial charge in [0.25, 0.3) is 0 Å². The van der Waals surface area contributed by atoms with Gasteiger partial charge in [-0.1, -0.05) is 11.6 Å². The van der Waals surface area contributed by atoms with E-state index in [2.05, 4.69) is 15.3 Å². The van der Waals surface area contributed by atoms with Crippen molar-refractivity contribution in [2.24, 2.45) is 0 Å². The topological polar surface area (TPSA) is 58.1 Å². The third-order valence-electron chi connectivity index (χ3n) is 3.87. The van der Waals surface area contributed by atoms with Crippen LogP contribution in [0.1, 0.15) is 31.9 Å². The van der Waals surface area contributed by atoms with E-state index in [0.717, 1.165) is 17.7 Å². The fourth-order valence-corrected chi connectivity index (χ4v) is 3.18. The second-order valence-electron chi connectivity index (χ2n) is 5.46. The molecule has 2 aromatic rings. The largest absolute Gasteiger partial charge is 0.362 e. The van der Waals surface area contributed by atoms with Crippen LogP contribution in [-0.2, 0) is 4.79 Å². The molecule has 3 rings (SSSR count). The Morgan fingerprint density at radius 3 is 2.91 bits per heavy atom. The van der Waals surface area contributed by atoms with Gasteiger partial charge in [-0.2, -0.15) is 0 Å². The summed E-state index contributed by atoms with van der Waals surface area (Å²) in [7, 11) is 0. The Balaban J connectivity index is 2.00. The van der Waals surface area contributed by atoms with Crippen LogP contribution >= 0.6 is 11.6 Å². The van der Waals surface area contributed by atoms with Gasteiger partial charge in [0.2, 0.25) is 5.91 Å². The van der Waals surface area contributed by atoms with Crippen molar-refractivity contribution in [3.63, 3.8) is 0 Å². The minimum atomic E-state index is 0.0361. The Morgan fingerprint density at radius 1 is 1.41 bits per heavy atom. The molecule has 0 spiro atoms. The molecule has 114 valence electrons. The number of carbonyl (C=O) groups is 1. The van der Waals surface area contributed by atoms with E-state index in [1.165, 1.54) is 0 Å². The Labute approximate surface area is 134 Å². The highest BCUT2D eigenvalue weighted by molar-refractivity contribution is 6.30. The molecule has 1 aromatic carbocycles. The van der Waals surface area contributed by atoms with Crippen LogP contribution in [-0.4, -0.2) is 21.9 Å². The van der Waals surface area contributed by atoms with Crippen LogP contribution in [0.4, 0.5) is 11.5 Å².